The van der Waals surface area contributed by atoms with Gasteiger partial charge in [0, 0.05) is 45.0 Å². The topological polar surface area (TPSA) is 6.48 Å². The molecule has 274 valence electrons. The Labute approximate surface area is 328 Å². The Kier molecular flexibility index (Phi) is 9.05. The van der Waals surface area contributed by atoms with Crippen LogP contribution in [0.15, 0.2) is 182 Å². The fourth-order valence-electron chi connectivity index (χ4n) is 8.87. The Morgan fingerprint density at radius 2 is 1.04 bits per heavy atom. The molecule has 0 N–H and O–H groups in total. The van der Waals surface area contributed by atoms with Gasteiger partial charge in [0.05, 0.1) is 0 Å². The number of rotatable bonds is 6. The van der Waals surface area contributed by atoms with E-state index in [-0.39, 0.29) is 16.2 Å². The predicted molar refractivity (Wildman–Crippen MR) is 236 cm³/mol. The largest absolute Gasteiger partial charge is 0.311 e. The summed E-state index contributed by atoms with van der Waals surface area (Å²) in [6.07, 6.45) is 7.77. The molecule has 0 unspecified atom stereocenters. The molecule has 0 amide bonds. The minimum atomic E-state index is -0.360. The zero-order valence-electron chi connectivity index (χ0n) is 33.4. The van der Waals surface area contributed by atoms with Crippen molar-refractivity contribution in [3.05, 3.63) is 209 Å². The van der Waals surface area contributed by atoms with E-state index in [4.69, 9.17) is 6.58 Å². The van der Waals surface area contributed by atoms with Gasteiger partial charge in [-0.25, -0.2) is 0 Å². The average molecular weight is 717 g/mol. The molecule has 0 atom stereocenters. The second-order valence-corrected chi connectivity index (χ2v) is 17.2. The van der Waals surface area contributed by atoms with E-state index in [2.05, 4.69) is 222 Å². The number of benzene rings is 6. The van der Waals surface area contributed by atoms with Gasteiger partial charge in [0.2, 0.25) is 0 Å². The molecule has 0 heterocycles. The highest BCUT2D eigenvalue weighted by atomic mass is 15.1. The first kappa shape index (κ1) is 36.1. The standard InChI is InChI=1S/C53H52N2/c1-37-34-43(54(39-23-13-9-14-24-39)40-25-15-10-16-26-40)31-21-22-38-32-33-45-48-46(51(2,3)4)35-44(36-47(48)53(7,8)50(45)49(38)52(37,5)6)55(41-27-17-11-18-28-41)42-29-19-12-20-30-42/h9-21,23-36H,1,22H2,2-8H3/b31-21-,43-34+. The number of allylic oxidation sites excluding steroid dienone is 4. The van der Waals surface area contributed by atoms with Crippen molar-refractivity contribution in [1.82, 2.24) is 0 Å². The molecule has 0 fully saturated rings. The second-order valence-electron chi connectivity index (χ2n) is 17.2. The molecule has 0 saturated heterocycles. The third kappa shape index (κ3) is 6.34. The molecule has 0 aromatic heterocycles. The van der Waals surface area contributed by atoms with Crippen molar-refractivity contribution in [1.29, 1.82) is 0 Å². The minimum absolute atomic E-state index is 0.101. The van der Waals surface area contributed by atoms with Gasteiger partial charge in [-0.3, -0.25) is 0 Å². The van der Waals surface area contributed by atoms with Crippen molar-refractivity contribution in [2.45, 2.75) is 71.1 Å². The fraction of sp³-hybridized carbons (Fsp3) is 0.208. The number of hydrogen-bond acceptors (Lipinski definition) is 2. The Morgan fingerprint density at radius 1 is 0.545 bits per heavy atom. The van der Waals surface area contributed by atoms with Gasteiger partial charge in [0.25, 0.3) is 0 Å². The van der Waals surface area contributed by atoms with Crippen molar-refractivity contribution < 1.29 is 0 Å². The summed E-state index contributed by atoms with van der Waals surface area (Å²) in [6.45, 7) is 21.6. The molecule has 0 saturated carbocycles. The molecule has 0 spiro atoms. The van der Waals surface area contributed by atoms with Crippen LogP contribution in [0.5, 0.6) is 0 Å². The van der Waals surface area contributed by atoms with E-state index in [9.17, 15) is 0 Å². The maximum Gasteiger partial charge on any atom is 0.0468 e. The lowest BCUT2D eigenvalue weighted by Gasteiger charge is -2.36. The molecule has 0 bridgehead atoms. The smallest absolute Gasteiger partial charge is 0.0468 e. The van der Waals surface area contributed by atoms with Crippen LogP contribution >= 0.6 is 0 Å². The van der Waals surface area contributed by atoms with Crippen molar-refractivity contribution in [3.63, 3.8) is 0 Å². The highest BCUT2D eigenvalue weighted by molar-refractivity contribution is 5.90. The quantitative estimate of drug-likeness (QED) is 0.169. The summed E-state index contributed by atoms with van der Waals surface area (Å²) in [5, 5.41) is 0. The van der Waals surface area contributed by atoms with E-state index in [1.54, 1.807) is 0 Å². The van der Waals surface area contributed by atoms with Crippen LogP contribution in [0.3, 0.4) is 0 Å². The number of fused-ring (bicyclic) bond motifs is 5. The Morgan fingerprint density at radius 3 is 1.53 bits per heavy atom. The number of hydrogen-bond donors (Lipinski definition) is 0. The molecule has 6 aromatic rings. The van der Waals surface area contributed by atoms with Crippen LogP contribution in [0.2, 0.25) is 0 Å². The third-order valence-corrected chi connectivity index (χ3v) is 11.7. The zero-order valence-corrected chi connectivity index (χ0v) is 33.4. The molecular formula is C53H52N2. The molecule has 8 rings (SSSR count). The van der Waals surface area contributed by atoms with E-state index in [0.717, 1.165) is 40.4 Å². The summed E-state index contributed by atoms with van der Waals surface area (Å²) in [7, 11) is 0. The summed E-state index contributed by atoms with van der Waals surface area (Å²) in [5.41, 5.74) is 16.8. The predicted octanol–water partition coefficient (Wildman–Crippen LogP) is 14.4. The monoisotopic (exact) mass is 716 g/mol. The second kappa shape index (κ2) is 13.8. The lowest BCUT2D eigenvalue weighted by Crippen LogP contribution is -2.28. The van der Waals surface area contributed by atoms with Crippen molar-refractivity contribution in [3.8, 4) is 11.1 Å². The zero-order chi connectivity index (χ0) is 38.5. The summed E-state index contributed by atoms with van der Waals surface area (Å²) in [6, 6.07) is 52.6. The highest BCUT2D eigenvalue weighted by Gasteiger charge is 2.44. The molecule has 2 aliphatic carbocycles. The molecule has 0 radical (unpaired) electrons. The molecule has 55 heavy (non-hydrogen) atoms. The van der Waals surface area contributed by atoms with Gasteiger partial charge in [-0.1, -0.05) is 146 Å². The summed E-state index contributed by atoms with van der Waals surface area (Å²) in [5.74, 6) is 0. The Balaban J connectivity index is 1.32. The van der Waals surface area contributed by atoms with Crippen LogP contribution in [-0.4, -0.2) is 0 Å². The molecule has 2 aliphatic rings. The van der Waals surface area contributed by atoms with Gasteiger partial charge in [-0.15, -0.1) is 0 Å². The van der Waals surface area contributed by atoms with Crippen LogP contribution < -0.4 is 9.80 Å². The SMILES string of the molecule is C=C1/C=C(N(c2ccccc2)c2ccccc2)\C=C/Cc2ccc3c(c2C1(C)C)C(C)(C)c1cc(N(c2ccccc2)c2ccccc2)cc(C(C)(C)C)c1-3. The molecule has 0 aliphatic heterocycles. The molecule has 2 nitrogen and oxygen atoms in total. The van der Waals surface area contributed by atoms with E-state index in [1.807, 2.05) is 0 Å². The Bertz CT molecular complexity index is 2350. The normalized spacial score (nSPS) is 17.0. The number of anilines is 5. The van der Waals surface area contributed by atoms with Crippen molar-refractivity contribution in [2.24, 2.45) is 0 Å². The van der Waals surface area contributed by atoms with Crippen molar-refractivity contribution >= 4 is 28.4 Å². The first-order valence-corrected chi connectivity index (χ1v) is 19.6. The van der Waals surface area contributed by atoms with Gasteiger partial charge in [0.15, 0.2) is 0 Å². The summed E-state index contributed by atoms with van der Waals surface area (Å²) < 4.78 is 0. The van der Waals surface area contributed by atoms with Gasteiger partial charge >= 0.3 is 0 Å². The van der Waals surface area contributed by atoms with Gasteiger partial charge in [0.1, 0.15) is 0 Å². The van der Waals surface area contributed by atoms with E-state index in [1.165, 1.54) is 44.6 Å². The van der Waals surface area contributed by atoms with Crippen LogP contribution in [0, 0.1) is 0 Å². The Hall–Kier alpha value is -5.86. The van der Waals surface area contributed by atoms with Crippen LogP contribution in [-0.2, 0) is 22.7 Å². The molecule has 2 heteroatoms. The van der Waals surface area contributed by atoms with Crippen molar-refractivity contribution in [2.75, 3.05) is 9.80 Å². The van der Waals surface area contributed by atoms with Gasteiger partial charge in [-0.2, -0.15) is 0 Å². The maximum atomic E-state index is 4.87. The molecule has 6 aromatic carbocycles. The number of para-hydroxylation sites is 4. The van der Waals surface area contributed by atoms with Gasteiger partial charge < -0.3 is 9.80 Å². The summed E-state index contributed by atoms with van der Waals surface area (Å²) in [4.78, 5) is 4.76. The lowest BCUT2D eigenvalue weighted by molar-refractivity contribution is 0.580. The van der Waals surface area contributed by atoms with E-state index in [0.29, 0.717) is 0 Å². The average Bonchev–Trinajstić information content (AvgIpc) is 3.43. The van der Waals surface area contributed by atoms with E-state index >= 15 is 0 Å². The van der Waals surface area contributed by atoms with Gasteiger partial charge in [-0.05, 0) is 129 Å². The third-order valence-electron chi connectivity index (χ3n) is 11.7. The minimum Gasteiger partial charge on any atom is -0.311 e. The van der Waals surface area contributed by atoms with E-state index < -0.39 is 0 Å². The molecular weight excluding hydrogens is 665 g/mol. The van der Waals surface area contributed by atoms with Crippen LogP contribution in [0.1, 0.15) is 76.3 Å². The van der Waals surface area contributed by atoms with Crippen LogP contribution in [0.4, 0.5) is 28.4 Å². The first-order chi connectivity index (χ1) is 26.4. The fourth-order valence-corrected chi connectivity index (χ4v) is 8.87. The number of nitrogens with zero attached hydrogens (tertiary/aromatic N) is 2. The van der Waals surface area contributed by atoms with Crippen LogP contribution in [0.25, 0.3) is 11.1 Å². The summed E-state index contributed by atoms with van der Waals surface area (Å²) >= 11 is 0. The maximum absolute atomic E-state index is 4.87. The highest BCUT2D eigenvalue weighted by Crippen LogP contribution is 2.58. The first-order valence-electron chi connectivity index (χ1n) is 19.6. The lowest BCUT2D eigenvalue weighted by atomic mass is 9.68.